The van der Waals surface area contributed by atoms with Crippen LogP contribution in [0.25, 0.3) is 0 Å². The zero-order valence-corrected chi connectivity index (χ0v) is 18.4. The number of nitrogens with one attached hydrogen (secondary N) is 4. The molecule has 0 aromatic carbocycles. The molecule has 1 unspecified atom stereocenters. The topological polar surface area (TPSA) is 119 Å². The van der Waals surface area contributed by atoms with Crippen LogP contribution in [0.3, 0.4) is 0 Å². The van der Waals surface area contributed by atoms with Gasteiger partial charge in [0, 0.05) is 26.2 Å². The molecule has 0 amide bonds. The van der Waals surface area contributed by atoms with Crippen LogP contribution in [0, 0.1) is 0 Å². The lowest BCUT2D eigenvalue weighted by molar-refractivity contribution is 0.0390. The number of rotatable bonds is 7. The fourth-order valence-electron chi connectivity index (χ4n) is 2.18. The number of sulfonamides is 1. The molecule has 0 bridgehead atoms. The first-order valence-electron chi connectivity index (χ1n) is 8.45. The van der Waals surface area contributed by atoms with Crippen LogP contribution < -0.4 is 21.5 Å². The lowest BCUT2D eigenvalue weighted by Gasteiger charge is -2.31. The van der Waals surface area contributed by atoms with E-state index >= 15 is 0 Å². The maximum atomic E-state index is 11.9. The molecule has 1 saturated heterocycles. The third-order valence-electron chi connectivity index (χ3n) is 3.45. The molecule has 0 aromatic heterocycles. The van der Waals surface area contributed by atoms with Gasteiger partial charge < -0.3 is 15.4 Å². The van der Waals surface area contributed by atoms with Gasteiger partial charge in [-0.2, -0.15) is 14.5 Å². The molecule has 27 heavy (non-hydrogen) atoms. The van der Waals surface area contributed by atoms with E-state index in [1.807, 2.05) is 13.8 Å². The fourth-order valence-corrected chi connectivity index (χ4v) is 3.37. The fraction of sp³-hybridized carbons (Fsp3) is 0.714. The summed E-state index contributed by atoms with van der Waals surface area (Å²) in [7, 11) is -3.34. The quantitative estimate of drug-likeness (QED) is 0.234. The molecule has 1 aliphatic heterocycles. The molecule has 0 spiro atoms. The molecule has 1 rings (SSSR count). The number of morpholine rings is 1. The largest absolute Gasteiger partial charge is 0.369 e. The number of hydrogen-bond acceptors (Lipinski definition) is 7. The smallest absolute Gasteiger partial charge is 0.211 e. The molecule has 0 aliphatic carbocycles. The Labute approximate surface area is 171 Å². The Hall–Kier alpha value is -1.41. The monoisotopic (exact) mass is 437 g/mol. The molecule has 1 heterocycles. The normalized spacial score (nSPS) is 19.3. The Kier molecular flexibility index (Phi) is 10.0. The third-order valence-corrected chi connectivity index (χ3v) is 5.19. The van der Waals surface area contributed by atoms with Crippen LogP contribution in [0.1, 0.15) is 20.8 Å². The maximum Gasteiger partial charge on any atom is 0.211 e. The maximum absolute atomic E-state index is 11.9. The van der Waals surface area contributed by atoms with E-state index in [0.717, 1.165) is 0 Å². The van der Waals surface area contributed by atoms with Gasteiger partial charge in [-0.25, -0.2) is 8.42 Å². The molecular formula is C14H27N7O3S3. The number of nitrogens with zero attached hydrogens (tertiary/aromatic N) is 3. The zero-order chi connectivity index (χ0) is 20.4. The highest BCUT2D eigenvalue weighted by molar-refractivity contribution is 7.88. The molecule has 4 N–H and O–H groups in total. The van der Waals surface area contributed by atoms with E-state index in [9.17, 15) is 8.42 Å². The third kappa shape index (κ3) is 8.43. The molecular weight excluding hydrogens is 410 g/mol. The van der Waals surface area contributed by atoms with Gasteiger partial charge in [0.1, 0.15) is 11.8 Å². The minimum atomic E-state index is -3.34. The van der Waals surface area contributed by atoms with Gasteiger partial charge in [-0.05, 0) is 45.2 Å². The summed E-state index contributed by atoms with van der Waals surface area (Å²) in [5.74, 6) is 0. The van der Waals surface area contributed by atoms with Gasteiger partial charge in [0.15, 0.2) is 10.2 Å². The molecule has 154 valence electrons. The van der Waals surface area contributed by atoms with Crippen LogP contribution in [0.4, 0.5) is 0 Å². The molecule has 1 atom stereocenters. The average molecular weight is 438 g/mol. The van der Waals surface area contributed by atoms with Crippen molar-refractivity contribution in [2.24, 2.45) is 10.2 Å². The van der Waals surface area contributed by atoms with Crippen LogP contribution in [-0.2, 0) is 14.8 Å². The van der Waals surface area contributed by atoms with Crippen LogP contribution in [0.2, 0.25) is 0 Å². The van der Waals surface area contributed by atoms with E-state index in [2.05, 4.69) is 31.7 Å². The van der Waals surface area contributed by atoms with Crippen molar-refractivity contribution in [2.75, 3.05) is 39.0 Å². The van der Waals surface area contributed by atoms with E-state index in [1.54, 1.807) is 6.92 Å². The molecule has 0 radical (unpaired) electrons. The summed E-state index contributed by atoms with van der Waals surface area (Å²) in [6.45, 7) is 7.54. The highest BCUT2D eigenvalue weighted by atomic mass is 32.2. The van der Waals surface area contributed by atoms with Gasteiger partial charge in [0.2, 0.25) is 10.0 Å². The number of ether oxygens (including phenoxy) is 1. The van der Waals surface area contributed by atoms with E-state index in [4.69, 9.17) is 29.2 Å². The highest BCUT2D eigenvalue weighted by Crippen LogP contribution is 2.11. The van der Waals surface area contributed by atoms with Crippen molar-refractivity contribution in [3.05, 3.63) is 0 Å². The van der Waals surface area contributed by atoms with Gasteiger partial charge >= 0.3 is 0 Å². The van der Waals surface area contributed by atoms with Gasteiger partial charge in [-0.15, -0.1) is 0 Å². The Morgan fingerprint density at radius 3 is 2.22 bits per heavy atom. The second-order valence-corrected chi connectivity index (χ2v) is 8.42. The number of hydrazone groups is 2. The van der Waals surface area contributed by atoms with Crippen molar-refractivity contribution < 1.29 is 13.2 Å². The van der Waals surface area contributed by atoms with Crippen molar-refractivity contribution in [2.45, 2.75) is 26.9 Å². The minimum absolute atomic E-state index is 0.137. The molecule has 1 aliphatic rings. The second-order valence-electron chi connectivity index (χ2n) is 5.62. The summed E-state index contributed by atoms with van der Waals surface area (Å²) >= 11 is 10.2. The summed E-state index contributed by atoms with van der Waals surface area (Å²) in [4.78, 5) is 0. The summed E-state index contributed by atoms with van der Waals surface area (Å²) in [6, 6.07) is 0. The lowest BCUT2D eigenvalue weighted by atomic mass is 10.1. The highest BCUT2D eigenvalue weighted by Gasteiger charge is 2.31. The summed E-state index contributed by atoms with van der Waals surface area (Å²) in [6.07, 6.45) is 0.575. The Bertz CT molecular complexity index is 694. The SMILES string of the molecule is CCNC(=S)N/N=C(C)\C(=N\NC(=S)NCC)C1CN(S(C)(=O)=O)CCO1. The summed E-state index contributed by atoms with van der Waals surface area (Å²) in [5.41, 5.74) is 6.37. The van der Waals surface area contributed by atoms with Gasteiger partial charge in [0.25, 0.3) is 0 Å². The molecule has 0 aromatic rings. The van der Waals surface area contributed by atoms with Crippen LogP contribution in [0.15, 0.2) is 10.2 Å². The predicted octanol–water partition coefficient (Wildman–Crippen LogP) is -0.653. The van der Waals surface area contributed by atoms with Gasteiger partial charge in [-0.3, -0.25) is 10.9 Å². The Balaban J connectivity index is 3.02. The van der Waals surface area contributed by atoms with Crippen molar-refractivity contribution >= 4 is 56.1 Å². The van der Waals surface area contributed by atoms with Crippen LogP contribution in [-0.4, -0.2) is 79.5 Å². The first kappa shape index (κ1) is 23.6. The summed E-state index contributed by atoms with van der Waals surface area (Å²) < 4.78 is 30.8. The number of thiocarbonyl (C=S) groups is 2. The standard InChI is InChI=1S/C14H27N7O3S3/c1-5-15-13(25)19-17-10(3)12(18-20-14(26)16-6-2)11-9-21(7-8-24-11)27(4,22)23/h11H,5-9H2,1-4H3,(H2,15,19,25)(H2,16,20,26)/b17-10-,18-12-. The van der Waals surface area contributed by atoms with Crippen molar-refractivity contribution in [1.82, 2.24) is 25.8 Å². The Morgan fingerprint density at radius 1 is 1.15 bits per heavy atom. The van der Waals surface area contributed by atoms with E-state index in [-0.39, 0.29) is 13.2 Å². The van der Waals surface area contributed by atoms with Crippen molar-refractivity contribution in [1.29, 1.82) is 0 Å². The van der Waals surface area contributed by atoms with Gasteiger partial charge in [0.05, 0.1) is 18.6 Å². The molecule has 0 saturated carbocycles. The average Bonchev–Trinajstić information content (AvgIpc) is 2.60. The summed E-state index contributed by atoms with van der Waals surface area (Å²) in [5, 5.41) is 15.1. The van der Waals surface area contributed by atoms with E-state index in [0.29, 0.717) is 41.3 Å². The number of hydrogen-bond donors (Lipinski definition) is 4. The van der Waals surface area contributed by atoms with Crippen LogP contribution >= 0.6 is 24.4 Å². The van der Waals surface area contributed by atoms with E-state index in [1.165, 1.54) is 10.6 Å². The predicted molar refractivity (Wildman–Crippen MR) is 116 cm³/mol. The molecule has 1 fully saturated rings. The van der Waals surface area contributed by atoms with Crippen molar-refractivity contribution in [3.8, 4) is 0 Å². The zero-order valence-electron chi connectivity index (χ0n) is 15.9. The minimum Gasteiger partial charge on any atom is -0.369 e. The molecule has 13 heteroatoms. The van der Waals surface area contributed by atoms with Crippen LogP contribution in [0.5, 0.6) is 0 Å². The first-order chi connectivity index (χ1) is 12.7. The van der Waals surface area contributed by atoms with Crippen molar-refractivity contribution in [3.63, 3.8) is 0 Å². The molecule has 10 nitrogen and oxygen atoms in total. The van der Waals surface area contributed by atoms with E-state index < -0.39 is 16.1 Å². The van der Waals surface area contributed by atoms with Gasteiger partial charge in [-0.1, -0.05) is 0 Å². The Morgan fingerprint density at radius 2 is 1.70 bits per heavy atom. The second kappa shape index (κ2) is 11.4. The first-order valence-corrected chi connectivity index (χ1v) is 11.1. The lowest BCUT2D eigenvalue weighted by Crippen LogP contribution is -2.50.